The van der Waals surface area contributed by atoms with Crippen LogP contribution in [0.3, 0.4) is 0 Å². The highest BCUT2D eigenvalue weighted by atomic mass is 32.1. The zero-order valence-corrected chi connectivity index (χ0v) is 17.8. The number of aromatic nitrogens is 1. The lowest BCUT2D eigenvalue weighted by Gasteiger charge is -2.06. The van der Waals surface area contributed by atoms with Crippen molar-refractivity contribution in [2.45, 2.75) is 26.8 Å². The van der Waals surface area contributed by atoms with E-state index in [-0.39, 0.29) is 12.3 Å². The van der Waals surface area contributed by atoms with Crippen LogP contribution >= 0.6 is 11.3 Å². The number of hydrogen-bond donors (Lipinski definition) is 0. The van der Waals surface area contributed by atoms with Crippen molar-refractivity contribution in [1.29, 1.82) is 0 Å². The lowest BCUT2D eigenvalue weighted by atomic mass is 10.1. The maximum absolute atomic E-state index is 12.6. The Labute approximate surface area is 174 Å². The normalized spacial score (nSPS) is 11.8. The third kappa shape index (κ3) is 5.46. The Morgan fingerprint density at radius 2 is 1.83 bits per heavy atom. The molecule has 0 N–H and O–H groups in total. The van der Waals surface area contributed by atoms with Gasteiger partial charge in [-0.1, -0.05) is 23.5 Å². The Kier molecular flexibility index (Phi) is 7.43. The summed E-state index contributed by atoms with van der Waals surface area (Å²) < 4.78 is 19.3. The van der Waals surface area contributed by atoms with Crippen LogP contribution in [0, 0.1) is 0 Å². The van der Waals surface area contributed by atoms with E-state index in [1.54, 1.807) is 7.11 Å². The molecule has 2 aromatic carbocycles. The fraction of sp³-hybridized carbons (Fsp3) is 0.364. The molecule has 0 saturated heterocycles. The number of methoxy groups -OCH3 is 1. The summed E-state index contributed by atoms with van der Waals surface area (Å²) in [7, 11) is 1.64. The van der Waals surface area contributed by atoms with Crippen molar-refractivity contribution in [1.82, 2.24) is 4.57 Å². The monoisotopic (exact) mass is 414 g/mol. The van der Waals surface area contributed by atoms with Gasteiger partial charge in [0.15, 0.2) is 4.80 Å². The molecule has 0 spiro atoms. The van der Waals surface area contributed by atoms with Gasteiger partial charge >= 0.3 is 0 Å². The topological polar surface area (TPSA) is 62.1 Å². The van der Waals surface area contributed by atoms with Crippen molar-refractivity contribution in [2.24, 2.45) is 4.99 Å². The smallest absolute Gasteiger partial charge is 0.252 e. The first-order valence-electron chi connectivity index (χ1n) is 9.69. The maximum atomic E-state index is 12.6. The Hall–Kier alpha value is -2.64. The van der Waals surface area contributed by atoms with Crippen LogP contribution in [0.5, 0.6) is 11.5 Å². The van der Waals surface area contributed by atoms with Gasteiger partial charge in [-0.2, -0.15) is 4.99 Å². The third-order valence-corrected chi connectivity index (χ3v) is 5.40. The van der Waals surface area contributed by atoms with Gasteiger partial charge in [0.1, 0.15) is 11.5 Å². The number of hydrogen-bond acceptors (Lipinski definition) is 5. The van der Waals surface area contributed by atoms with E-state index in [2.05, 4.69) is 4.99 Å². The molecule has 0 radical (unpaired) electrons. The molecule has 0 aliphatic carbocycles. The van der Waals surface area contributed by atoms with Crippen LogP contribution in [0.2, 0.25) is 0 Å². The molecule has 6 nitrogen and oxygen atoms in total. The van der Waals surface area contributed by atoms with Crippen molar-refractivity contribution in [2.75, 3.05) is 26.9 Å². The third-order valence-electron chi connectivity index (χ3n) is 4.36. The summed E-state index contributed by atoms with van der Waals surface area (Å²) in [5.74, 6) is 1.40. The SMILES string of the molecule is CCOCCn1c(=NC(=O)Cc2ccc(OCC)cc2)sc2cc(OC)ccc21. The predicted molar refractivity (Wildman–Crippen MR) is 115 cm³/mol. The van der Waals surface area contributed by atoms with Crippen molar-refractivity contribution in [3.63, 3.8) is 0 Å². The minimum absolute atomic E-state index is 0.183. The largest absolute Gasteiger partial charge is 0.497 e. The van der Waals surface area contributed by atoms with Gasteiger partial charge in [-0.15, -0.1) is 0 Å². The number of rotatable bonds is 9. The summed E-state index contributed by atoms with van der Waals surface area (Å²) in [6.45, 7) is 6.38. The summed E-state index contributed by atoms with van der Waals surface area (Å²) in [4.78, 5) is 17.7. The number of thiazole rings is 1. The Morgan fingerprint density at radius 3 is 2.52 bits per heavy atom. The number of benzene rings is 2. The van der Waals surface area contributed by atoms with E-state index in [9.17, 15) is 4.79 Å². The molecule has 29 heavy (non-hydrogen) atoms. The second-order valence-electron chi connectivity index (χ2n) is 6.33. The van der Waals surface area contributed by atoms with E-state index >= 15 is 0 Å². The van der Waals surface area contributed by atoms with Crippen LogP contribution in [-0.2, 0) is 22.5 Å². The molecule has 7 heteroatoms. The molecule has 0 aliphatic rings. The molecule has 3 rings (SSSR count). The van der Waals surface area contributed by atoms with E-state index in [4.69, 9.17) is 14.2 Å². The minimum atomic E-state index is -0.183. The average Bonchev–Trinajstić information content (AvgIpc) is 3.06. The molecular formula is C22H26N2O4S. The first-order chi connectivity index (χ1) is 14.1. The van der Waals surface area contributed by atoms with Crippen molar-refractivity contribution >= 4 is 27.5 Å². The van der Waals surface area contributed by atoms with Crippen LogP contribution < -0.4 is 14.3 Å². The summed E-state index contributed by atoms with van der Waals surface area (Å²) in [5, 5.41) is 0. The van der Waals surface area contributed by atoms with Gasteiger partial charge < -0.3 is 18.8 Å². The molecule has 3 aromatic rings. The van der Waals surface area contributed by atoms with Crippen LogP contribution in [-0.4, -0.2) is 37.4 Å². The fourth-order valence-corrected chi connectivity index (χ4v) is 4.07. The molecule has 0 unspecified atom stereocenters. The fourth-order valence-electron chi connectivity index (χ4n) is 2.97. The highest BCUT2D eigenvalue weighted by molar-refractivity contribution is 7.16. The second-order valence-corrected chi connectivity index (χ2v) is 7.34. The highest BCUT2D eigenvalue weighted by Gasteiger charge is 2.10. The van der Waals surface area contributed by atoms with Gasteiger partial charge in [0.2, 0.25) is 0 Å². The Morgan fingerprint density at radius 1 is 1.07 bits per heavy atom. The maximum Gasteiger partial charge on any atom is 0.252 e. The number of carbonyl (C=O) groups is 1. The first kappa shape index (κ1) is 21.1. The number of amides is 1. The molecule has 0 atom stereocenters. The van der Waals surface area contributed by atoms with Crippen molar-refractivity contribution in [3.8, 4) is 11.5 Å². The van der Waals surface area contributed by atoms with E-state index in [0.29, 0.717) is 31.2 Å². The highest BCUT2D eigenvalue weighted by Crippen LogP contribution is 2.23. The van der Waals surface area contributed by atoms with Gasteiger partial charge in [-0.05, 0) is 49.7 Å². The van der Waals surface area contributed by atoms with Gasteiger partial charge in [-0.3, -0.25) is 4.79 Å². The van der Waals surface area contributed by atoms with Crippen LogP contribution in [0.15, 0.2) is 47.5 Å². The predicted octanol–water partition coefficient (Wildman–Crippen LogP) is 3.82. The van der Waals surface area contributed by atoms with E-state index in [1.165, 1.54) is 11.3 Å². The molecule has 1 amide bonds. The van der Waals surface area contributed by atoms with Gasteiger partial charge in [-0.25, -0.2) is 0 Å². The minimum Gasteiger partial charge on any atom is -0.497 e. The van der Waals surface area contributed by atoms with Crippen LogP contribution in [0.4, 0.5) is 0 Å². The number of fused-ring (bicyclic) bond motifs is 1. The molecule has 154 valence electrons. The Balaban J connectivity index is 1.87. The summed E-state index contributed by atoms with van der Waals surface area (Å²) >= 11 is 1.48. The average molecular weight is 415 g/mol. The molecule has 1 heterocycles. The molecule has 0 fully saturated rings. The standard InChI is InChI=1S/C22H26N2O4S/c1-4-27-13-12-24-19-11-10-18(26-3)15-20(19)29-22(24)23-21(25)14-16-6-8-17(9-7-16)28-5-2/h6-11,15H,4-5,12-14H2,1-3H3. The van der Waals surface area contributed by atoms with Crippen molar-refractivity contribution in [3.05, 3.63) is 52.8 Å². The molecule has 0 aliphatic heterocycles. The molecule has 0 saturated carbocycles. The van der Waals surface area contributed by atoms with Crippen LogP contribution in [0.25, 0.3) is 10.2 Å². The summed E-state index contributed by atoms with van der Waals surface area (Å²) in [6.07, 6.45) is 0.245. The lowest BCUT2D eigenvalue weighted by molar-refractivity contribution is -0.117. The summed E-state index contributed by atoms with van der Waals surface area (Å²) in [6, 6.07) is 13.4. The number of carbonyl (C=O) groups excluding carboxylic acids is 1. The zero-order valence-electron chi connectivity index (χ0n) is 17.0. The lowest BCUT2D eigenvalue weighted by Crippen LogP contribution is -2.20. The molecule has 0 bridgehead atoms. The van der Waals surface area contributed by atoms with Gasteiger partial charge in [0.05, 0.1) is 37.0 Å². The number of nitrogens with zero attached hydrogens (tertiary/aromatic N) is 2. The number of ether oxygens (including phenoxy) is 3. The van der Waals surface area contributed by atoms with Gasteiger partial charge in [0.25, 0.3) is 5.91 Å². The van der Waals surface area contributed by atoms with E-state index in [0.717, 1.165) is 27.3 Å². The van der Waals surface area contributed by atoms with E-state index < -0.39 is 0 Å². The zero-order chi connectivity index (χ0) is 20.6. The van der Waals surface area contributed by atoms with Crippen molar-refractivity contribution < 1.29 is 19.0 Å². The van der Waals surface area contributed by atoms with Gasteiger partial charge in [0, 0.05) is 13.2 Å². The van der Waals surface area contributed by atoms with E-state index in [1.807, 2.05) is 60.9 Å². The molecular weight excluding hydrogens is 388 g/mol. The van der Waals surface area contributed by atoms with Crippen LogP contribution in [0.1, 0.15) is 19.4 Å². The summed E-state index contributed by atoms with van der Waals surface area (Å²) in [5.41, 5.74) is 1.92. The second kappa shape index (κ2) is 10.2. The Bertz CT molecular complexity index is 1020. The first-order valence-corrected chi connectivity index (χ1v) is 10.5. The quantitative estimate of drug-likeness (QED) is 0.500. The molecule has 1 aromatic heterocycles.